The Morgan fingerprint density at radius 3 is 0.600 bits per heavy atom. The predicted octanol–water partition coefficient (Wildman–Crippen LogP) is -4.29. The summed E-state index contributed by atoms with van der Waals surface area (Å²) >= 11 is -11.8. The van der Waals surface area contributed by atoms with Crippen molar-refractivity contribution >= 4 is 0 Å². The summed E-state index contributed by atoms with van der Waals surface area (Å²) in [5, 5.41) is 0. The monoisotopic (exact) mass is 683 g/mol. The van der Waals surface area contributed by atoms with Crippen LogP contribution < -0.4 is 12.1 Å². The third kappa shape index (κ3) is 283. The smallest absolute Gasteiger partial charge is 0 e. The van der Waals surface area contributed by atoms with Gasteiger partial charge in [-0.05, 0) is 0 Å². The first-order valence-electron chi connectivity index (χ1n) is 1.64. The van der Waals surface area contributed by atoms with Crippen molar-refractivity contribution in [2.45, 2.75) is 0 Å². The Morgan fingerprint density at radius 2 is 0.600 bits per heavy atom. The molecule has 0 saturated carbocycles. The molecule has 0 aromatic heterocycles. The molecular weight excluding hydrogens is 682 g/mol. The molecule has 83 valence electrons. The van der Waals surface area contributed by atoms with E-state index in [1.54, 1.807) is 0 Å². The van der Waals surface area contributed by atoms with Gasteiger partial charge in [0.2, 0.25) is 0 Å². The van der Waals surface area contributed by atoms with E-state index in [0.717, 1.165) is 0 Å². The first kappa shape index (κ1) is 36.4. The normalized spacial score (nSPS) is 5.00. The minimum absolute atomic E-state index is 0. The number of rotatable bonds is 0. The summed E-state index contributed by atoms with van der Waals surface area (Å²) in [5.74, 6) is 0. The number of hydrogen-bond acceptors (Lipinski definition) is 9. The van der Waals surface area contributed by atoms with E-state index in [9.17, 15) is 0 Å². The first-order chi connectivity index (χ1) is 5.20. The molecule has 0 N–H and O–H groups in total. The molecule has 0 unspecified atom stereocenters. The van der Waals surface area contributed by atoms with E-state index in [1.807, 2.05) is 0 Å². The Balaban J connectivity index is -0.0000000184. The van der Waals surface area contributed by atoms with Crippen LogP contribution in [0.25, 0.3) is 0 Å². The molecule has 0 atom stereocenters. The van der Waals surface area contributed by atoms with Gasteiger partial charge in [-0.25, -0.2) is 0 Å². The molecule has 15 heteroatoms. The standard InChI is InChI=1S/Gd.La.9O.3V.Y/q+3;;;;;;;;3*-1;;;;. The van der Waals surface area contributed by atoms with Gasteiger partial charge in [0.05, 0.1) is 0 Å². The Labute approximate surface area is 184 Å². The van der Waals surface area contributed by atoms with Gasteiger partial charge < -0.3 is 0 Å². The molecule has 0 aliphatic rings. The second kappa shape index (κ2) is 30.8. The van der Waals surface area contributed by atoms with Crippen LogP contribution in [0.3, 0.4) is 0 Å². The molecule has 0 aromatic carbocycles. The van der Waals surface area contributed by atoms with E-state index in [-0.39, 0.29) is 108 Å². The van der Waals surface area contributed by atoms with Crippen molar-refractivity contribution in [3.63, 3.8) is 0 Å². The molecule has 0 aliphatic heterocycles. The van der Waals surface area contributed by atoms with E-state index in [2.05, 4.69) is 0 Å². The van der Waals surface area contributed by atoms with E-state index >= 15 is 0 Å². The van der Waals surface area contributed by atoms with Crippen LogP contribution in [0.2, 0.25) is 0 Å². The van der Waals surface area contributed by atoms with Crippen molar-refractivity contribution in [1.82, 2.24) is 0 Å². The molecular formula is GdLaO9V3Y. The molecule has 9 nitrogen and oxygen atoms in total. The Morgan fingerprint density at radius 1 is 0.600 bits per heavy atom. The molecule has 0 spiro atoms. The zero-order valence-corrected chi connectivity index (χ0v) is 19.4. The molecule has 3 radical (unpaired) electrons. The van der Waals surface area contributed by atoms with Gasteiger partial charge in [0.15, 0.2) is 0 Å². The molecule has 0 fully saturated rings. The predicted molar refractivity (Wildman–Crippen MR) is 4.12 cm³/mol. The fraction of sp³-hybridized carbons (Fsp3) is 0. The van der Waals surface area contributed by atoms with Crippen LogP contribution in [0.15, 0.2) is 0 Å². The van der Waals surface area contributed by atoms with E-state index in [4.69, 9.17) is 34.1 Å². The Kier molecular flexibility index (Phi) is 74.9. The van der Waals surface area contributed by atoms with Crippen LogP contribution in [0.4, 0.5) is 0 Å². The van der Waals surface area contributed by atoms with Crippen molar-refractivity contribution in [3.8, 4) is 0 Å². The van der Waals surface area contributed by atoms with Gasteiger partial charge in [-0.3, -0.25) is 0 Å². The molecule has 0 aliphatic carbocycles. The van der Waals surface area contributed by atoms with Gasteiger partial charge in [-0.2, -0.15) is 0 Å². The minimum Gasteiger partial charge on any atom is 0 e. The van der Waals surface area contributed by atoms with Crippen LogP contribution in [0.5, 0.6) is 0 Å². The maximum Gasteiger partial charge on any atom is 0 e. The van der Waals surface area contributed by atoms with E-state index in [1.165, 1.54) is 0 Å². The molecule has 0 aromatic rings. The summed E-state index contributed by atoms with van der Waals surface area (Å²) in [6.07, 6.45) is 0. The minimum atomic E-state index is -3.94. The Hall–Kier alpha value is 4.06. The van der Waals surface area contributed by atoms with Gasteiger partial charge in [0.25, 0.3) is 0 Å². The van der Waals surface area contributed by atoms with Crippen molar-refractivity contribution in [2.24, 2.45) is 0 Å². The van der Waals surface area contributed by atoms with Crippen LogP contribution in [0, 0.1) is 75.5 Å². The van der Waals surface area contributed by atoms with E-state index < -0.39 is 46.2 Å². The van der Waals surface area contributed by atoms with Crippen molar-refractivity contribution in [1.29, 1.82) is 0 Å². The van der Waals surface area contributed by atoms with Crippen molar-refractivity contribution < 1.29 is 189 Å². The molecule has 0 bridgehead atoms. The summed E-state index contributed by atoms with van der Waals surface area (Å²) < 4.78 is 77.1. The maximum atomic E-state index is 8.56. The van der Waals surface area contributed by atoms with Gasteiger partial charge in [0.1, 0.15) is 0 Å². The van der Waals surface area contributed by atoms with Gasteiger partial charge in [-0.1, -0.05) is 0 Å². The summed E-state index contributed by atoms with van der Waals surface area (Å²) in [4.78, 5) is 0. The van der Waals surface area contributed by atoms with Crippen LogP contribution in [-0.2, 0) is 101 Å². The second-order valence-electron chi connectivity index (χ2n) is 0.671. The van der Waals surface area contributed by atoms with E-state index in [0.29, 0.717) is 0 Å². The topological polar surface area (TPSA) is 172 Å². The summed E-state index contributed by atoms with van der Waals surface area (Å²) in [7, 11) is 0. The average Bonchev–Trinajstić information content (AvgIpc) is 1.54. The zero-order valence-electron chi connectivity index (χ0n) is 6.52. The SMILES string of the molecule is [Gd+3].[La].[O]=[V](=[O])[O-].[O]=[V](=[O])[O-].[O]=[V](=[O])[O-].[Y]. The fourth-order valence-electron chi connectivity index (χ4n) is 0. The second-order valence-corrected chi connectivity index (χ2v) is 2.77. The molecule has 0 heterocycles. The first-order valence-corrected chi connectivity index (χ1v) is 6.77. The van der Waals surface area contributed by atoms with Gasteiger partial charge in [0, 0.05) is 68.3 Å². The molecule has 0 amide bonds. The van der Waals surface area contributed by atoms with Gasteiger partial charge >= 0.3 is 120 Å². The molecule has 0 rings (SSSR count). The number of hydrogen-bond donors (Lipinski definition) is 0. The quantitative estimate of drug-likeness (QED) is 0.245. The third-order valence-corrected chi connectivity index (χ3v) is 0. The van der Waals surface area contributed by atoms with Crippen LogP contribution in [0.1, 0.15) is 0 Å². The average molecular weight is 682 g/mol. The molecule has 0 saturated heterocycles. The van der Waals surface area contributed by atoms with Crippen molar-refractivity contribution in [3.05, 3.63) is 0 Å². The van der Waals surface area contributed by atoms with Crippen molar-refractivity contribution in [2.75, 3.05) is 0 Å². The van der Waals surface area contributed by atoms with Crippen LogP contribution in [-0.4, -0.2) is 0 Å². The fourth-order valence-corrected chi connectivity index (χ4v) is 0. The summed E-state index contributed by atoms with van der Waals surface area (Å²) in [6, 6.07) is 0. The van der Waals surface area contributed by atoms with Crippen LogP contribution >= 0.6 is 0 Å². The summed E-state index contributed by atoms with van der Waals surface area (Å²) in [6.45, 7) is 0. The Bertz CT molecular complexity index is 218. The largest absolute Gasteiger partial charge is 0 e. The zero-order chi connectivity index (χ0) is 10.7. The summed E-state index contributed by atoms with van der Waals surface area (Å²) in [5.41, 5.74) is 0. The maximum absolute atomic E-state index is 8.56. The van der Waals surface area contributed by atoms with Gasteiger partial charge in [-0.15, -0.1) is 0 Å². The third-order valence-electron chi connectivity index (χ3n) is 0. The molecule has 15 heavy (non-hydrogen) atoms.